The van der Waals surface area contributed by atoms with Crippen LogP contribution in [0.25, 0.3) is 0 Å². The summed E-state index contributed by atoms with van der Waals surface area (Å²) < 4.78 is 10.7. The molecule has 0 heterocycles. The van der Waals surface area contributed by atoms with Crippen LogP contribution in [0.4, 0.5) is 0 Å². The normalized spacial score (nSPS) is 12.9. The second kappa shape index (κ2) is 65.8. The van der Waals surface area contributed by atoms with Crippen molar-refractivity contribution in [3.05, 3.63) is 109 Å². The number of carbonyl (C=O) groups is 2. The van der Waals surface area contributed by atoms with E-state index in [1.54, 1.807) is 0 Å². The van der Waals surface area contributed by atoms with Crippen LogP contribution >= 0.6 is 0 Å². The van der Waals surface area contributed by atoms with Crippen LogP contribution in [0.3, 0.4) is 0 Å². The van der Waals surface area contributed by atoms with Crippen molar-refractivity contribution in [2.24, 2.45) is 0 Å². The molecule has 5 nitrogen and oxygen atoms in total. The number of esters is 2. The first kappa shape index (κ1) is 72.6. The summed E-state index contributed by atoms with van der Waals surface area (Å²) in [6.07, 6.45) is 95.2. The predicted molar refractivity (Wildman–Crippen MR) is 334 cm³/mol. The Morgan fingerprint density at radius 2 is 0.566 bits per heavy atom. The van der Waals surface area contributed by atoms with Crippen molar-refractivity contribution in [3.8, 4) is 0 Å². The zero-order chi connectivity index (χ0) is 54.8. The molecule has 5 heteroatoms. The van der Waals surface area contributed by atoms with Crippen molar-refractivity contribution < 1.29 is 24.2 Å². The highest BCUT2D eigenvalue weighted by molar-refractivity contribution is 5.70. The molecule has 1 atom stereocenters. The number of unbranched alkanes of at least 4 members (excludes halogenated alkanes) is 33. The molecular weight excluding hydrogens is 933 g/mol. The van der Waals surface area contributed by atoms with E-state index in [1.807, 2.05) is 0 Å². The van der Waals surface area contributed by atoms with Crippen molar-refractivity contribution >= 4 is 11.9 Å². The lowest BCUT2D eigenvalue weighted by atomic mass is 10.0. The molecule has 0 saturated carbocycles. The molecule has 0 amide bonds. The molecule has 0 aromatic rings. The minimum absolute atomic E-state index is 0.0750. The van der Waals surface area contributed by atoms with Gasteiger partial charge in [-0.25, -0.2) is 0 Å². The highest BCUT2D eigenvalue weighted by atomic mass is 16.6. The Bertz CT molecular complexity index is 1470. The summed E-state index contributed by atoms with van der Waals surface area (Å²) >= 11 is 0. The van der Waals surface area contributed by atoms with Gasteiger partial charge in [0.2, 0.25) is 0 Å². The minimum atomic E-state index is -0.787. The maximum absolute atomic E-state index is 12.3. The Kier molecular flexibility index (Phi) is 62.9. The van der Waals surface area contributed by atoms with Gasteiger partial charge in [0.1, 0.15) is 6.61 Å². The third kappa shape index (κ3) is 63.1. The van der Waals surface area contributed by atoms with Gasteiger partial charge in [0.25, 0.3) is 0 Å². The first-order valence-corrected chi connectivity index (χ1v) is 32.4. The minimum Gasteiger partial charge on any atom is -0.462 e. The highest BCUT2D eigenvalue weighted by Gasteiger charge is 2.16. The Morgan fingerprint density at radius 1 is 0.316 bits per heavy atom. The molecule has 0 aliphatic heterocycles. The van der Waals surface area contributed by atoms with Gasteiger partial charge in [-0.1, -0.05) is 303 Å². The van der Waals surface area contributed by atoms with Gasteiger partial charge in [0.15, 0.2) is 6.10 Å². The van der Waals surface area contributed by atoms with Crippen LogP contribution in [-0.2, 0) is 19.1 Å². The average Bonchev–Trinajstić information content (AvgIpc) is 3.42. The number of aliphatic hydroxyl groups excluding tert-OH is 1. The topological polar surface area (TPSA) is 72.8 Å². The standard InChI is InChI=1S/C71H122O5/c1-3-5-7-9-11-13-15-17-19-21-23-25-27-29-30-31-32-33-34-35-36-37-38-39-40-42-43-45-47-49-51-53-55-57-59-61-63-65-70(73)75-68-69(67-72)76-71(74)66-64-62-60-58-56-54-52-50-48-46-44-41-28-26-24-22-20-18-16-14-12-10-8-6-4-2/h6,8,12,14-15,17-18,20-21,23-24,26-27,29,41,44,48,50,69,72H,3-5,7,9-11,13,16,19,22,25,28,30-40,42-43,45-47,49,51-68H2,1-2H3/b8-6-,14-12-,17-15-,20-18-,23-21-,26-24-,29-27-,44-41-,50-48-. The second-order valence-electron chi connectivity index (χ2n) is 21.5. The maximum atomic E-state index is 12.3. The van der Waals surface area contributed by atoms with Crippen molar-refractivity contribution in [3.63, 3.8) is 0 Å². The van der Waals surface area contributed by atoms with E-state index < -0.39 is 6.10 Å². The average molecular weight is 1060 g/mol. The van der Waals surface area contributed by atoms with Crippen LogP contribution in [0.15, 0.2) is 109 Å². The summed E-state index contributed by atoms with van der Waals surface area (Å²) in [6.45, 7) is 4.02. The summed E-state index contributed by atoms with van der Waals surface area (Å²) in [5.74, 6) is -0.602. The summed E-state index contributed by atoms with van der Waals surface area (Å²) in [4.78, 5) is 24.6. The van der Waals surface area contributed by atoms with Crippen molar-refractivity contribution in [1.82, 2.24) is 0 Å². The number of hydrogen-bond acceptors (Lipinski definition) is 5. The molecule has 436 valence electrons. The van der Waals surface area contributed by atoms with Crippen LogP contribution < -0.4 is 0 Å². The number of carbonyl (C=O) groups excluding carboxylic acids is 2. The van der Waals surface area contributed by atoms with Gasteiger partial charge in [0.05, 0.1) is 6.61 Å². The van der Waals surface area contributed by atoms with E-state index in [4.69, 9.17) is 9.47 Å². The van der Waals surface area contributed by atoms with Crippen LogP contribution in [0.2, 0.25) is 0 Å². The Labute approximate surface area is 471 Å². The van der Waals surface area contributed by atoms with Crippen molar-refractivity contribution in [1.29, 1.82) is 0 Å². The number of allylic oxidation sites excluding steroid dienone is 18. The van der Waals surface area contributed by atoms with Crippen LogP contribution in [0.5, 0.6) is 0 Å². The molecule has 0 aliphatic rings. The molecule has 0 saturated heterocycles. The van der Waals surface area contributed by atoms with Crippen LogP contribution in [-0.4, -0.2) is 36.4 Å². The highest BCUT2D eigenvalue weighted by Crippen LogP contribution is 2.17. The third-order valence-corrected chi connectivity index (χ3v) is 14.1. The number of aliphatic hydroxyl groups is 1. The first-order chi connectivity index (χ1) is 37.6. The number of ether oxygens (including phenoxy) is 2. The quantitative estimate of drug-likeness (QED) is 0.0373. The Hall–Kier alpha value is -3.44. The van der Waals surface area contributed by atoms with E-state index in [9.17, 15) is 14.7 Å². The monoisotopic (exact) mass is 1050 g/mol. The van der Waals surface area contributed by atoms with Gasteiger partial charge >= 0.3 is 11.9 Å². The van der Waals surface area contributed by atoms with Crippen LogP contribution in [0.1, 0.15) is 309 Å². The molecule has 1 N–H and O–H groups in total. The predicted octanol–water partition coefficient (Wildman–Crippen LogP) is 22.4. The van der Waals surface area contributed by atoms with E-state index in [2.05, 4.69) is 123 Å². The van der Waals surface area contributed by atoms with E-state index in [1.165, 1.54) is 186 Å². The van der Waals surface area contributed by atoms with Crippen LogP contribution in [0, 0.1) is 0 Å². The third-order valence-electron chi connectivity index (χ3n) is 14.1. The van der Waals surface area contributed by atoms with Gasteiger partial charge in [-0.15, -0.1) is 0 Å². The van der Waals surface area contributed by atoms with Crippen molar-refractivity contribution in [2.45, 2.75) is 315 Å². The molecule has 0 radical (unpaired) electrons. The SMILES string of the molecule is CC/C=C\C/C=C\C/C=C\C/C=C\C/C=C\C/C=C\CCCCCCCCC(=O)OC(CO)COC(=O)CCCCCCCCCCCCCCCCCCCCCCCC/C=C\C/C=C\C/C=C\CCCCCCC. The lowest BCUT2D eigenvalue weighted by molar-refractivity contribution is -0.161. The lowest BCUT2D eigenvalue weighted by Crippen LogP contribution is -2.28. The smallest absolute Gasteiger partial charge is 0.306 e. The molecule has 0 rings (SSSR count). The molecular formula is C71H122O5. The van der Waals surface area contributed by atoms with Crippen molar-refractivity contribution in [2.75, 3.05) is 13.2 Å². The summed E-state index contributed by atoms with van der Waals surface area (Å²) in [5, 5.41) is 9.68. The fourth-order valence-corrected chi connectivity index (χ4v) is 9.22. The number of hydrogen-bond donors (Lipinski definition) is 1. The van der Waals surface area contributed by atoms with Gasteiger partial charge in [-0.05, 0) is 103 Å². The molecule has 0 aromatic carbocycles. The maximum Gasteiger partial charge on any atom is 0.306 e. The molecule has 0 aromatic heterocycles. The Morgan fingerprint density at radius 3 is 0.855 bits per heavy atom. The molecule has 1 unspecified atom stereocenters. The fraction of sp³-hybridized carbons (Fsp3) is 0.718. The van der Waals surface area contributed by atoms with E-state index in [0.29, 0.717) is 12.8 Å². The summed E-state index contributed by atoms with van der Waals surface area (Å²) in [5.41, 5.74) is 0. The first-order valence-electron chi connectivity index (χ1n) is 32.4. The van der Waals surface area contributed by atoms with Gasteiger partial charge in [-0.2, -0.15) is 0 Å². The van der Waals surface area contributed by atoms with E-state index in [-0.39, 0.29) is 25.2 Å². The number of rotatable bonds is 59. The molecule has 0 fully saturated rings. The lowest BCUT2D eigenvalue weighted by Gasteiger charge is -2.15. The molecule has 76 heavy (non-hydrogen) atoms. The van der Waals surface area contributed by atoms with E-state index in [0.717, 1.165) is 96.3 Å². The molecule has 0 aliphatic carbocycles. The summed E-state index contributed by atoms with van der Waals surface area (Å²) in [6, 6.07) is 0. The fourth-order valence-electron chi connectivity index (χ4n) is 9.22. The molecule has 0 spiro atoms. The van der Waals surface area contributed by atoms with Gasteiger partial charge < -0.3 is 14.6 Å². The Balaban J connectivity index is 3.47. The molecule has 0 bridgehead atoms. The zero-order valence-electron chi connectivity index (χ0n) is 50.0. The largest absolute Gasteiger partial charge is 0.462 e. The van der Waals surface area contributed by atoms with Gasteiger partial charge in [-0.3, -0.25) is 9.59 Å². The van der Waals surface area contributed by atoms with Gasteiger partial charge in [0, 0.05) is 12.8 Å². The van der Waals surface area contributed by atoms with E-state index >= 15 is 0 Å². The summed E-state index contributed by atoms with van der Waals surface area (Å²) in [7, 11) is 0. The zero-order valence-corrected chi connectivity index (χ0v) is 50.0. The second-order valence-corrected chi connectivity index (χ2v) is 21.5.